The smallest absolute Gasteiger partial charge is 0.261 e. The van der Waals surface area contributed by atoms with E-state index >= 15 is 0 Å². The summed E-state index contributed by atoms with van der Waals surface area (Å²) in [6.45, 7) is 1.12. The van der Waals surface area contributed by atoms with Crippen LogP contribution in [-0.2, 0) is 11.2 Å². The number of nitrogens with zero attached hydrogens (tertiary/aromatic N) is 1. The predicted octanol–water partition coefficient (Wildman–Crippen LogP) is 2.27. The summed E-state index contributed by atoms with van der Waals surface area (Å²) in [5, 5.41) is 12.3. The standard InChI is InChI=1S/C22H24N4O2/c1-28-20-9-5-8-17(13-20)21-19(15-25-26-21)12-18(14-23)22(27)24-11-10-16-6-3-2-4-7-16/h2-9,12-13,19,21,25-26H,10-11,15H2,1H3,(H,24,27)/b18-12-. The van der Waals surface area contributed by atoms with Crippen molar-refractivity contribution >= 4 is 5.91 Å². The summed E-state index contributed by atoms with van der Waals surface area (Å²) in [6, 6.07) is 19.7. The molecule has 0 aliphatic carbocycles. The van der Waals surface area contributed by atoms with Gasteiger partial charge in [-0.25, -0.2) is 5.43 Å². The Morgan fingerprint density at radius 1 is 1.29 bits per heavy atom. The lowest BCUT2D eigenvalue weighted by atomic mass is 9.93. The second-order valence-electron chi connectivity index (χ2n) is 6.63. The van der Waals surface area contributed by atoms with E-state index in [2.05, 4.69) is 16.2 Å². The molecule has 1 saturated heterocycles. The average Bonchev–Trinajstić information content (AvgIpc) is 3.21. The van der Waals surface area contributed by atoms with E-state index < -0.39 is 0 Å². The molecule has 2 aromatic carbocycles. The van der Waals surface area contributed by atoms with Gasteiger partial charge in [-0.1, -0.05) is 48.5 Å². The maximum absolute atomic E-state index is 12.4. The Morgan fingerprint density at radius 3 is 2.86 bits per heavy atom. The first-order chi connectivity index (χ1) is 13.7. The molecule has 28 heavy (non-hydrogen) atoms. The number of hydrazine groups is 1. The number of nitriles is 1. The molecular formula is C22H24N4O2. The number of methoxy groups -OCH3 is 1. The van der Waals surface area contributed by atoms with Gasteiger partial charge < -0.3 is 10.1 Å². The van der Waals surface area contributed by atoms with Gasteiger partial charge in [0.05, 0.1) is 13.2 Å². The van der Waals surface area contributed by atoms with Crippen molar-refractivity contribution in [3.63, 3.8) is 0 Å². The molecule has 1 fully saturated rings. The highest BCUT2D eigenvalue weighted by Gasteiger charge is 2.28. The van der Waals surface area contributed by atoms with Gasteiger partial charge in [0.25, 0.3) is 5.91 Å². The molecule has 0 saturated carbocycles. The van der Waals surface area contributed by atoms with Crippen molar-refractivity contribution in [1.29, 1.82) is 5.26 Å². The van der Waals surface area contributed by atoms with Crippen LogP contribution in [0, 0.1) is 17.2 Å². The van der Waals surface area contributed by atoms with Gasteiger partial charge in [-0.2, -0.15) is 5.26 Å². The van der Waals surface area contributed by atoms with Gasteiger partial charge in [-0.05, 0) is 29.7 Å². The van der Waals surface area contributed by atoms with Gasteiger partial charge in [0.2, 0.25) is 0 Å². The maximum atomic E-state index is 12.4. The number of hydrogen-bond acceptors (Lipinski definition) is 5. The van der Waals surface area contributed by atoms with Crippen molar-refractivity contribution in [3.05, 3.63) is 77.4 Å². The van der Waals surface area contributed by atoms with Crippen molar-refractivity contribution in [2.75, 3.05) is 20.2 Å². The SMILES string of the molecule is COc1cccc(C2NNCC2/C=C(/C#N)C(=O)NCCc2ccccc2)c1. The van der Waals surface area contributed by atoms with E-state index in [0.717, 1.165) is 23.3 Å². The number of hydrogen-bond donors (Lipinski definition) is 3. The molecule has 2 unspecified atom stereocenters. The molecule has 3 N–H and O–H groups in total. The topological polar surface area (TPSA) is 86.2 Å². The molecule has 6 heteroatoms. The monoisotopic (exact) mass is 376 g/mol. The molecular weight excluding hydrogens is 352 g/mol. The lowest BCUT2D eigenvalue weighted by Crippen LogP contribution is -2.27. The minimum absolute atomic E-state index is 0.0263. The van der Waals surface area contributed by atoms with Crippen LogP contribution in [0.4, 0.5) is 0 Å². The first-order valence-electron chi connectivity index (χ1n) is 9.27. The summed E-state index contributed by atoms with van der Waals surface area (Å²) in [4.78, 5) is 12.4. The molecule has 1 amide bonds. The van der Waals surface area contributed by atoms with Crippen LogP contribution in [0.1, 0.15) is 17.2 Å². The Labute approximate surface area is 165 Å². The van der Waals surface area contributed by atoms with Gasteiger partial charge in [0.1, 0.15) is 17.4 Å². The van der Waals surface area contributed by atoms with Crippen molar-refractivity contribution in [2.45, 2.75) is 12.5 Å². The van der Waals surface area contributed by atoms with Crippen LogP contribution in [0.15, 0.2) is 66.2 Å². The summed E-state index contributed by atoms with van der Waals surface area (Å²) in [5.41, 5.74) is 8.65. The van der Waals surface area contributed by atoms with E-state index in [-0.39, 0.29) is 23.4 Å². The largest absolute Gasteiger partial charge is 0.497 e. The van der Waals surface area contributed by atoms with Gasteiger partial charge >= 0.3 is 0 Å². The summed E-state index contributed by atoms with van der Waals surface area (Å²) in [6.07, 6.45) is 2.47. The fourth-order valence-corrected chi connectivity index (χ4v) is 3.27. The number of nitrogens with one attached hydrogen (secondary N) is 3. The molecule has 0 aromatic heterocycles. The average molecular weight is 376 g/mol. The van der Waals surface area contributed by atoms with Gasteiger partial charge in [0.15, 0.2) is 0 Å². The van der Waals surface area contributed by atoms with E-state index in [0.29, 0.717) is 13.1 Å². The maximum Gasteiger partial charge on any atom is 0.261 e. The van der Waals surface area contributed by atoms with Gasteiger partial charge in [0, 0.05) is 19.0 Å². The molecule has 2 atom stereocenters. The highest BCUT2D eigenvalue weighted by Crippen LogP contribution is 2.29. The first kappa shape index (κ1) is 19.6. The Balaban J connectivity index is 1.65. The summed E-state index contributed by atoms with van der Waals surface area (Å²) < 4.78 is 5.29. The lowest BCUT2D eigenvalue weighted by molar-refractivity contribution is -0.117. The third-order valence-electron chi connectivity index (χ3n) is 4.76. The molecule has 0 bridgehead atoms. The van der Waals surface area contributed by atoms with Crippen LogP contribution < -0.4 is 20.9 Å². The molecule has 144 valence electrons. The van der Waals surface area contributed by atoms with E-state index in [1.54, 1.807) is 13.2 Å². The zero-order chi connectivity index (χ0) is 19.8. The van der Waals surface area contributed by atoms with E-state index in [9.17, 15) is 10.1 Å². The quantitative estimate of drug-likeness (QED) is 0.510. The fourth-order valence-electron chi connectivity index (χ4n) is 3.27. The Kier molecular flexibility index (Phi) is 6.79. The molecule has 6 nitrogen and oxygen atoms in total. The van der Waals surface area contributed by atoms with Crippen LogP contribution in [0.3, 0.4) is 0 Å². The van der Waals surface area contributed by atoms with E-state index in [1.165, 1.54) is 0 Å². The molecule has 1 aliphatic rings. The first-order valence-corrected chi connectivity index (χ1v) is 9.27. The molecule has 0 spiro atoms. The number of amides is 1. The molecule has 1 aliphatic heterocycles. The zero-order valence-electron chi connectivity index (χ0n) is 15.8. The van der Waals surface area contributed by atoms with E-state index in [1.807, 2.05) is 60.7 Å². The molecule has 0 radical (unpaired) electrons. The predicted molar refractivity (Wildman–Crippen MR) is 107 cm³/mol. The minimum Gasteiger partial charge on any atom is -0.497 e. The number of rotatable bonds is 7. The van der Waals surface area contributed by atoms with Crippen molar-refractivity contribution in [2.24, 2.45) is 5.92 Å². The van der Waals surface area contributed by atoms with Crippen molar-refractivity contribution in [1.82, 2.24) is 16.2 Å². The van der Waals surface area contributed by atoms with Gasteiger partial charge in [-0.3, -0.25) is 10.2 Å². The van der Waals surface area contributed by atoms with Crippen molar-refractivity contribution < 1.29 is 9.53 Å². The number of carbonyl (C=O) groups is 1. The summed E-state index contributed by atoms with van der Waals surface area (Å²) in [5.74, 6) is 0.407. The Hall–Kier alpha value is -3.14. The zero-order valence-corrected chi connectivity index (χ0v) is 15.8. The molecule has 2 aromatic rings. The third-order valence-corrected chi connectivity index (χ3v) is 4.76. The van der Waals surface area contributed by atoms with Crippen LogP contribution in [0.5, 0.6) is 5.75 Å². The summed E-state index contributed by atoms with van der Waals surface area (Å²) >= 11 is 0. The Bertz CT molecular complexity index is 874. The second-order valence-corrected chi connectivity index (χ2v) is 6.63. The second kappa shape index (κ2) is 9.70. The molecule has 3 rings (SSSR count). The minimum atomic E-state index is -0.338. The third kappa shape index (κ3) is 4.97. The van der Waals surface area contributed by atoms with Crippen LogP contribution >= 0.6 is 0 Å². The fraction of sp³-hybridized carbons (Fsp3) is 0.273. The number of ether oxygens (including phenoxy) is 1. The Morgan fingerprint density at radius 2 is 2.11 bits per heavy atom. The lowest BCUT2D eigenvalue weighted by Gasteiger charge is -2.17. The normalized spacial score (nSPS) is 19.1. The number of carbonyl (C=O) groups excluding carboxylic acids is 1. The van der Waals surface area contributed by atoms with Crippen LogP contribution in [0.25, 0.3) is 0 Å². The highest BCUT2D eigenvalue weighted by atomic mass is 16.5. The van der Waals surface area contributed by atoms with Crippen LogP contribution in [-0.4, -0.2) is 26.1 Å². The summed E-state index contributed by atoms with van der Waals surface area (Å²) in [7, 11) is 1.63. The highest BCUT2D eigenvalue weighted by molar-refractivity contribution is 5.97. The van der Waals surface area contributed by atoms with Gasteiger partial charge in [-0.15, -0.1) is 0 Å². The molecule has 1 heterocycles. The number of benzene rings is 2. The van der Waals surface area contributed by atoms with Crippen LogP contribution in [0.2, 0.25) is 0 Å². The van der Waals surface area contributed by atoms with Crippen molar-refractivity contribution in [3.8, 4) is 11.8 Å². The van der Waals surface area contributed by atoms with E-state index in [4.69, 9.17) is 4.74 Å².